The van der Waals surface area contributed by atoms with Gasteiger partial charge in [0.05, 0.1) is 0 Å². The lowest BCUT2D eigenvalue weighted by molar-refractivity contribution is 0.0690. The minimum Gasteiger partial charge on any atom is -0.477 e. The van der Waals surface area contributed by atoms with Crippen LogP contribution in [0.2, 0.25) is 0 Å². The van der Waals surface area contributed by atoms with E-state index in [1.807, 2.05) is 6.07 Å². The molecule has 0 aromatic carbocycles. The Labute approximate surface area is 109 Å². The van der Waals surface area contributed by atoms with Crippen LogP contribution in [0.25, 0.3) is 0 Å². The van der Waals surface area contributed by atoms with E-state index in [9.17, 15) is 9.59 Å². The van der Waals surface area contributed by atoms with Gasteiger partial charge >= 0.3 is 5.97 Å². The van der Waals surface area contributed by atoms with E-state index in [1.165, 1.54) is 18.2 Å². The number of carboxylic acid groups (broad SMARTS) is 1. The van der Waals surface area contributed by atoms with Gasteiger partial charge in [0, 0.05) is 18.9 Å². The van der Waals surface area contributed by atoms with Crippen molar-refractivity contribution in [2.75, 3.05) is 0 Å². The molecule has 2 rings (SSSR count). The minimum atomic E-state index is -1.16. The first-order valence-electron chi connectivity index (χ1n) is 5.54. The van der Waals surface area contributed by atoms with Crippen molar-refractivity contribution in [2.24, 2.45) is 0 Å². The molecule has 1 amide bonds. The van der Waals surface area contributed by atoms with Gasteiger partial charge < -0.3 is 10.4 Å². The molecule has 0 spiro atoms. The molecule has 0 aliphatic heterocycles. The lowest BCUT2D eigenvalue weighted by Crippen LogP contribution is -2.24. The number of carbonyl (C=O) groups excluding carboxylic acids is 1. The molecule has 19 heavy (non-hydrogen) atoms. The van der Waals surface area contributed by atoms with Gasteiger partial charge in [-0.1, -0.05) is 12.1 Å². The number of pyridine rings is 2. The molecule has 96 valence electrons. The fraction of sp³-hybridized carbons (Fsp3) is 0.0769. The number of nitrogens with zero attached hydrogens (tertiary/aromatic N) is 2. The molecular formula is C13H11N3O3. The Balaban J connectivity index is 2.04. The van der Waals surface area contributed by atoms with Gasteiger partial charge in [0.2, 0.25) is 0 Å². The Kier molecular flexibility index (Phi) is 3.82. The maximum absolute atomic E-state index is 11.8. The van der Waals surface area contributed by atoms with Gasteiger partial charge in [0.15, 0.2) is 0 Å². The Morgan fingerprint density at radius 2 is 1.95 bits per heavy atom. The van der Waals surface area contributed by atoms with Crippen molar-refractivity contribution in [3.05, 3.63) is 59.7 Å². The van der Waals surface area contributed by atoms with Gasteiger partial charge in [-0.25, -0.2) is 9.78 Å². The smallest absolute Gasteiger partial charge is 0.354 e. The zero-order chi connectivity index (χ0) is 13.7. The number of rotatable bonds is 4. The number of hydrogen-bond donors (Lipinski definition) is 2. The summed E-state index contributed by atoms with van der Waals surface area (Å²) in [4.78, 5) is 30.2. The molecule has 2 heterocycles. The number of aromatic nitrogens is 2. The second-order valence-corrected chi connectivity index (χ2v) is 3.76. The SMILES string of the molecule is O=C(O)c1cccc(C(=O)NCc2cccnc2)n1. The summed E-state index contributed by atoms with van der Waals surface area (Å²) >= 11 is 0. The van der Waals surface area contributed by atoms with Crippen molar-refractivity contribution in [1.82, 2.24) is 15.3 Å². The van der Waals surface area contributed by atoms with Gasteiger partial charge in [-0.15, -0.1) is 0 Å². The summed E-state index contributed by atoms with van der Waals surface area (Å²) in [7, 11) is 0. The Bertz CT molecular complexity index is 599. The van der Waals surface area contributed by atoms with Gasteiger partial charge in [-0.05, 0) is 23.8 Å². The number of aromatic carboxylic acids is 1. The first kappa shape index (κ1) is 12.7. The Morgan fingerprint density at radius 1 is 1.16 bits per heavy atom. The third-order valence-corrected chi connectivity index (χ3v) is 2.38. The number of nitrogens with one attached hydrogen (secondary N) is 1. The summed E-state index contributed by atoms with van der Waals surface area (Å²) in [5, 5.41) is 11.4. The largest absolute Gasteiger partial charge is 0.477 e. The quantitative estimate of drug-likeness (QED) is 0.855. The third kappa shape index (κ3) is 3.35. The highest BCUT2D eigenvalue weighted by Crippen LogP contribution is 2.01. The zero-order valence-electron chi connectivity index (χ0n) is 9.91. The van der Waals surface area contributed by atoms with E-state index in [-0.39, 0.29) is 11.4 Å². The maximum atomic E-state index is 11.8. The summed E-state index contributed by atoms with van der Waals surface area (Å²) < 4.78 is 0. The van der Waals surface area contributed by atoms with Crippen molar-refractivity contribution in [3.63, 3.8) is 0 Å². The predicted molar refractivity (Wildman–Crippen MR) is 66.6 cm³/mol. The number of hydrogen-bond acceptors (Lipinski definition) is 4. The van der Waals surface area contributed by atoms with Crippen molar-refractivity contribution in [3.8, 4) is 0 Å². The maximum Gasteiger partial charge on any atom is 0.354 e. The first-order valence-corrected chi connectivity index (χ1v) is 5.54. The summed E-state index contributed by atoms with van der Waals surface area (Å²) in [5.41, 5.74) is 0.767. The molecule has 0 saturated heterocycles. The molecule has 0 fully saturated rings. The van der Waals surface area contributed by atoms with E-state index in [1.54, 1.807) is 18.5 Å². The van der Waals surface area contributed by atoms with Crippen LogP contribution in [0.1, 0.15) is 26.5 Å². The second-order valence-electron chi connectivity index (χ2n) is 3.76. The van der Waals surface area contributed by atoms with Gasteiger partial charge in [-0.2, -0.15) is 0 Å². The van der Waals surface area contributed by atoms with Gasteiger partial charge in [0.1, 0.15) is 11.4 Å². The lowest BCUT2D eigenvalue weighted by atomic mass is 10.2. The van der Waals surface area contributed by atoms with Crippen molar-refractivity contribution in [2.45, 2.75) is 6.54 Å². The van der Waals surface area contributed by atoms with Crippen molar-refractivity contribution >= 4 is 11.9 Å². The molecule has 6 heteroatoms. The lowest BCUT2D eigenvalue weighted by Gasteiger charge is -2.04. The van der Waals surface area contributed by atoms with E-state index in [0.717, 1.165) is 5.56 Å². The number of carbonyl (C=O) groups is 2. The van der Waals surface area contributed by atoms with Crippen LogP contribution in [0.5, 0.6) is 0 Å². The van der Waals surface area contributed by atoms with E-state index in [4.69, 9.17) is 5.11 Å². The highest BCUT2D eigenvalue weighted by molar-refractivity contribution is 5.94. The standard InChI is InChI=1S/C13H11N3O3/c17-12(15-8-9-3-2-6-14-7-9)10-4-1-5-11(16-10)13(18)19/h1-7H,8H2,(H,15,17)(H,18,19). The predicted octanol–water partition coefficient (Wildman–Crippen LogP) is 1.10. The van der Waals surface area contributed by atoms with E-state index < -0.39 is 11.9 Å². The summed E-state index contributed by atoms with van der Waals surface area (Å²) in [6, 6.07) is 7.87. The van der Waals surface area contributed by atoms with Crippen LogP contribution in [0.4, 0.5) is 0 Å². The minimum absolute atomic E-state index is 0.0730. The summed E-state index contributed by atoms with van der Waals surface area (Å²) in [6.45, 7) is 0.311. The van der Waals surface area contributed by atoms with Crippen LogP contribution < -0.4 is 5.32 Å². The Hall–Kier alpha value is -2.76. The molecule has 0 aliphatic carbocycles. The molecule has 2 aromatic heterocycles. The highest BCUT2D eigenvalue weighted by Gasteiger charge is 2.10. The monoisotopic (exact) mass is 257 g/mol. The molecule has 2 aromatic rings. The fourth-order valence-electron chi connectivity index (χ4n) is 1.46. The van der Waals surface area contributed by atoms with E-state index in [2.05, 4.69) is 15.3 Å². The molecule has 0 atom stereocenters. The zero-order valence-corrected chi connectivity index (χ0v) is 9.91. The molecule has 0 aliphatic rings. The third-order valence-electron chi connectivity index (χ3n) is 2.38. The molecule has 0 unspecified atom stereocenters. The molecule has 0 radical (unpaired) electrons. The molecule has 6 nitrogen and oxygen atoms in total. The van der Waals surface area contributed by atoms with Crippen molar-refractivity contribution < 1.29 is 14.7 Å². The van der Waals surface area contributed by atoms with Crippen LogP contribution >= 0.6 is 0 Å². The van der Waals surface area contributed by atoms with E-state index >= 15 is 0 Å². The van der Waals surface area contributed by atoms with Crippen LogP contribution in [0.15, 0.2) is 42.7 Å². The molecule has 0 saturated carbocycles. The molecular weight excluding hydrogens is 246 g/mol. The number of carboxylic acids is 1. The number of amides is 1. The summed E-state index contributed by atoms with van der Waals surface area (Å²) in [5.74, 6) is -1.59. The fourth-order valence-corrected chi connectivity index (χ4v) is 1.46. The molecule has 2 N–H and O–H groups in total. The molecule has 0 bridgehead atoms. The first-order chi connectivity index (χ1) is 9.16. The van der Waals surface area contributed by atoms with Gasteiger partial charge in [0.25, 0.3) is 5.91 Å². The topological polar surface area (TPSA) is 92.2 Å². The van der Waals surface area contributed by atoms with Crippen molar-refractivity contribution in [1.29, 1.82) is 0 Å². The summed E-state index contributed by atoms with van der Waals surface area (Å²) in [6.07, 6.45) is 3.28. The van der Waals surface area contributed by atoms with Crippen LogP contribution in [-0.2, 0) is 6.54 Å². The highest BCUT2D eigenvalue weighted by atomic mass is 16.4. The normalized spacial score (nSPS) is 9.89. The Morgan fingerprint density at radius 3 is 2.63 bits per heavy atom. The average Bonchev–Trinajstić information content (AvgIpc) is 2.46. The average molecular weight is 257 g/mol. The van der Waals surface area contributed by atoms with Crippen LogP contribution in [0.3, 0.4) is 0 Å². The second kappa shape index (κ2) is 5.72. The van der Waals surface area contributed by atoms with Crippen LogP contribution in [0, 0.1) is 0 Å². The van der Waals surface area contributed by atoms with Gasteiger partial charge in [-0.3, -0.25) is 9.78 Å². The van der Waals surface area contributed by atoms with E-state index in [0.29, 0.717) is 6.54 Å². The van der Waals surface area contributed by atoms with Crippen LogP contribution in [-0.4, -0.2) is 27.0 Å².